The summed E-state index contributed by atoms with van der Waals surface area (Å²) in [6, 6.07) is 1.75. The van der Waals surface area contributed by atoms with Crippen LogP contribution in [0.15, 0.2) is 23.4 Å². The maximum absolute atomic E-state index is 12.6. The van der Waals surface area contributed by atoms with E-state index in [9.17, 15) is 14.7 Å². The molecular formula is C17H21ClN2O5. The van der Waals surface area contributed by atoms with Crippen molar-refractivity contribution >= 4 is 23.6 Å². The van der Waals surface area contributed by atoms with Gasteiger partial charge < -0.3 is 25.2 Å². The van der Waals surface area contributed by atoms with Gasteiger partial charge in [0.15, 0.2) is 11.5 Å². The summed E-state index contributed by atoms with van der Waals surface area (Å²) in [4.78, 5) is 24.5. The van der Waals surface area contributed by atoms with Gasteiger partial charge in [0.25, 0.3) is 0 Å². The first kappa shape index (κ1) is 18.9. The highest BCUT2D eigenvalue weighted by molar-refractivity contribution is 6.32. The third-order valence-electron chi connectivity index (χ3n) is 3.98. The SMILES string of the molecule is CC[C@H](C)OC(=O)C1=C(C)NC(=O)N[C@@H]1c1cc(Cl)c(O)c(OC)c1. The molecule has 0 aliphatic carbocycles. The van der Waals surface area contributed by atoms with Crippen molar-refractivity contribution in [2.75, 3.05) is 7.11 Å². The molecule has 0 aromatic heterocycles. The van der Waals surface area contributed by atoms with Crippen LogP contribution in [0.2, 0.25) is 5.02 Å². The van der Waals surface area contributed by atoms with Crippen LogP contribution >= 0.6 is 11.6 Å². The summed E-state index contributed by atoms with van der Waals surface area (Å²) in [5.41, 5.74) is 1.15. The van der Waals surface area contributed by atoms with Gasteiger partial charge in [0.2, 0.25) is 0 Å². The van der Waals surface area contributed by atoms with E-state index in [4.69, 9.17) is 21.1 Å². The summed E-state index contributed by atoms with van der Waals surface area (Å²) in [6.07, 6.45) is 0.408. The molecule has 1 aromatic carbocycles. The molecule has 8 heteroatoms. The minimum atomic E-state index is -0.780. The highest BCUT2D eigenvalue weighted by Crippen LogP contribution is 2.39. The Bertz CT molecular complexity index is 732. The molecule has 3 N–H and O–H groups in total. The lowest BCUT2D eigenvalue weighted by atomic mass is 9.95. The maximum atomic E-state index is 12.6. The molecule has 0 unspecified atom stereocenters. The van der Waals surface area contributed by atoms with E-state index in [1.165, 1.54) is 19.2 Å². The number of benzene rings is 1. The van der Waals surface area contributed by atoms with Crippen LogP contribution in [-0.2, 0) is 9.53 Å². The fourth-order valence-corrected chi connectivity index (χ4v) is 2.68. The van der Waals surface area contributed by atoms with Gasteiger partial charge in [-0.05, 0) is 38.0 Å². The summed E-state index contributed by atoms with van der Waals surface area (Å²) >= 11 is 6.03. The van der Waals surface area contributed by atoms with Crippen LogP contribution in [0.3, 0.4) is 0 Å². The van der Waals surface area contributed by atoms with Gasteiger partial charge in [-0.25, -0.2) is 9.59 Å². The molecule has 1 aliphatic rings. The van der Waals surface area contributed by atoms with Gasteiger partial charge in [0.1, 0.15) is 0 Å². The number of carbonyl (C=O) groups excluding carboxylic acids is 2. The number of urea groups is 1. The predicted molar refractivity (Wildman–Crippen MR) is 92.6 cm³/mol. The minimum absolute atomic E-state index is 0.0504. The van der Waals surface area contributed by atoms with E-state index in [0.29, 0.717) is 17.7 Å². The van der Waals surface area contributed by atoms with Crippen molar-refractivity contribution in [3.63, 3.8) is 0 Å². The lowest BCUT2D eigenvalue weighted by molar-refractivity contribution is -0.144. The van der Waals surface area contributed by atoms with E-state index in [1.54, 1.807) is 13.8 Å². The van der Waals surface area contributed by atoms with Crippen LogP contribution in [0.4, 0.5) is 4.79 Å². The van der Waals surface area contributed by atoms with E-state index < -0.39 is 18.0 Å². The van der Waals surface area contributed by atoms with Crippen LogP contribution in [0.1, 0.15) is 38.8 Å². The molecule has 0 radical (unpaired) electrons. The van der Waals surface area contributed by atoms with Crippen molar-refractivity contribution < 1.29 is 24.2 Å². The second-order valence-corrected chi connectivity index (χ2v) is 6.16. The number of phenols is 1. The van der Waals surface area contributed by atoms with Crippen LogP contribution in [0.5, 0.6) is 11.5 Å². The van der Waals surface area contributed by atoms with Crippen molar-refractivity contribution in [3.05, 3.63) is 34.0 Å². The number of ether oxygens (including phenoxy) is 2. The first-order valence-electron chi connectivity index (χ1n) is 7.84. The largest absolute Gasteiger partial charge is 0.503 e. The fraction of sp³-hybridized carbons (Fsp3) is 0.412. The molecule has 0 fully saturated rings. The maximum Gasteiger partial charge on any atom is 0.338 e. The van der Waals surface area contributed by atoms with Crippen molar-refractivity contribution in [2.45, 2.75) is 39.3 Å². The highest BCUT2D eigenvalue weighted by atomic mass is 35.5. The first-order valence-corrected chi connectivity index (χ1v) is 8.21. The van der Waals surface area contributed by atoms with Gasteiger partial charge in [-0.1, -0.05) is 18.5 Å². The van der Waals surface area contributed by atoms with E-state index in [1.807, 2.05) is 6.92 Å². The zero-order valence-electron chi connectivity index (χ0n) is 14.5. The molecule has 1 aliphatic heterocycles. The molecule has 0 saturated heterocycles. The number of phenolic OH excluding ortho intramolecular Hbond substituents is 1. The zero-order chi connectivity index (χ0) is 18.7. The molecule has 2 atom stereocenters. The molecule has 2 amide bonds. The standard InChI is InChI=1S/C17H21ClN2O5/c1-5-8(2)25-16(22)13-9(3)19-17(23)20-14(13)10-6-11(18)15(21)12(7-10)24-4/h6-8,14,21H,5H2,1-4H3,(H2,19,20,23)/t8-,14+/m0/s1. The third-order valence-corrected chi connectivity index (χ3v) is 4.26. The molecular weight excluding hydrogens is 348 g/mol. The number of carbonyl (C=O) groups is 2. The Morgan fingerprint density at radius 1 is 1.44 bits per heavy atom. The quantitative estimate of drug-likeness (QED) is 0.694. The Balaban J connectivity index is 2.49. The molecule has 7 nitrogen and oxygen atoms in total. The van der Waals surface area contributed by atoms with Gasteiger partial charge in [0, 0.05) is 5.70 Å². The van der Waals surface area contributed by atoms with Crippen LogP contribution in [-0.4, -0.2) is 30.3 Å². The number of rotatable bonds is 5. The number of esters is 1. The number of allylic oxidation sites excluding steroid dienone is 1. The van der Waals surface area contributed by atoms with Crippen molar-refractivity contribution in [1.82, 2.24) is 10.6 Å². The fourth-order valence-electron chi connectivity index (χ4n) is 2.46. The minimum Gasteiger partial charge on any atom is -0.503 e. The van der Waals surface area contributed by atoms with E-state index in [0.717, 1.165) is 0 Å². The van der Waals surface area contributed by atoms with Gasteiger partial charge in [-0.3, -0.25) is 0 Å². The Hall–Kier alpha value is -2.41. The van der Waals surface area contributed by atoms with Crippen LogP contribution < -0.4 is 15.4 Å². The summed E-state index contributed by atoms with van der Waals surface area (Å²) in [7, 11) is 1.38. The second-order valence-electron chi connectivity index (χ2n) is 5.75. The topological polar surface area (TPSA) is 96.9 Å². The van der Waals surface area contributed by atoms with E-state index in [2.05, 4.69) is 10.6 Å². The number of hydrogen-bond acceptors (Lipinski definition) is 5. The smallest absolute Gasteiger partial charge is 0.338 e. The number of halogens is 1. The number of amides is 2. The lowest BCUT2D eigenvalue weighted by Gasteiger charge is -2.29. The molecule has 0 spiro atoms. The molecule has 25 heavy (non-hydrogen) atoms. The van der Waals surface area contributed by atoms with Gasteiger partial charge in [-0.2, -0.15) is 0 Å². The number of hydrogen-bond donors (Lipinski definition) is 3. The van der Waals surface area contributed by atoms with Gasteiger partial charge in [0.05, 0.1) is 29.9 Å². The summed E-state index contributed by atoms with van der Waals surface area (Å²) in [5, 5.41) is 15.2. The lowest BCUT2D eigenvalue weighted by Crippen LogP contribution is -2.45. The highest BCUT2D eigenvalue weighted by Gasteiger charge is 2.33. The van der Waals surface area contributed by atoms with Gasteiger partial charge >= 0.3 is 12.0 Å². The normalized spacial score (nSPS) is 18.3. The monoisotopic (exact) mass is 368 g/mol. The summed E-state index contributed by atoms with van der Waals surface area (Å²) in [6.45, 7) is 5.32. The molecule has 0 bridgehead atoms. The third kappa shape index (κ3) is 3.99. The Labute approximate surface area is 150 Å². The average molecular weight is 369 g/mol. The Morgan fingerprint density at radius 3 is 2.72 bits per heavy atom. The Morgan fingerprint density at radius 2 is 2.12 bits per heavy atom. The molecule has 0 saturated carbocycles. The van der Waals surface area contributed by atoms with Crippen LogP contribution in [0, 0.1) is 0 Å². The molecule has 136 valence electrons. The molecule has 2 rings (SSSR count). The molecule has 1 aromatic rings. The summed E-state index contributed by atoms with van der Waals surface area (Å²) in [5.74, 6) is -0.604. The van der Waals surface area contributed by atoms with Crippen molar-refractivity contribution in [3.8, 4) is 11.5 Å². The van der Waals surface area contributed by atoms with Crippen molar-refractivity contribution in [1.29, 1.82) is 0 Å². The second kappa shape index (κ2) is 7.65. The number of nitrogens with one attached hydrogen (secondary N) is 2. The summed E-state index contributed by atoms with van der Waals surface area (Å²) < 4.78 is 10.5. The first-order chi connectivity index (χ1) is 11.8. The van der Waals surface area contributed by atoms with E-state index in [-0.39, 0.29) is 28.2 Å². The zero-order valence-corrected chi connectivity index (χ0v) is 15.2. The predicted octanol–water partition coefficient (Wildman–Crippen LogP) is 3.02. The number of methoxy groups -OCH3 is 1. The Kier molecular flexibility index (Phi) is 5.79. The van der Waals surface area contributed by atoms with Gasteiger partial charge in [-0.15, -0.1) is 0 Å². The van der Waals surface area contributed by atoms with Crippen LogP contribution in [0.25, 0.3) is 0 Å². The number of aromatic hydroxyl groups is 1. The van der Waals surface area contributed by atoms with Crippen molar-refractivity contribution in [2.24, 2.45) is 0 Å². The average Bonchev–Trinajstić information content (AvgIpc) is 2.56. The van der Waals surface area contributed by atoms with E-state index >= 15 is 0 Å². The molecule has 1 heterocycles.